The first-order valence-corrected chi connectivity index (χ1v) is 0.224. The molecule has 0 atom stereocenters. The van der Waals surface area contributed by atoms with E-state index >= 15 is 0 Å². The zero-order valence-electron chi connectivity index (χ0n) is 3.25. The SMILES string of the molecule is [Au+].[C-]#N.[H-].[Li+]. The van der Waals surface area contributed by atoms with Crippen molar-refractivity contribution in [2.24, 2.45) is 0 Å². The fourth-order valence-corrected chi connectivity index (χ4v) is 0. The van der Waals surface area contributed by atoms with Crippen molar-refractivity contribution in [3.8, 4) is 0 Å². The maximum atomic E-state index is 6.25. The molecule has 0 rings (SSSR count). The summed E-state index contributed by atoms with van der Waals surface area (Å²) in [6, 6.07) is 0. The largest absolute Gasteiger partial charge is 1.00 e. The summed E-state index contributed by atoms with van der Waals surface area (Å²) in [5.41, 5.74) is 0. The number of rotatable bonds is 0. The average Bonchev–Trinajstić information content (AvgIpc) is 1.00. The molecule has 0 heterocycles. The Hall–Kier alpha value is 0.828. The number of hydrogen-bond acceptors (Lipinski definition) is 1. The van der Waals surface area contributed by atoms with Crippen LogP contribution in [0.2, 0.25) is 0 Å². The van der Waals surface area contributed by atoms with E-state index in [9.17, 15) is 0 Å². The van der Waals surface area contributed by atoms with Gasteiger partial charge in [-0.05, 0) is 0 Å². The molecule has 0 saturated heterocycles. The minimum atomic E-state index is 0. The smallest absolute Gasteiger partial charge is 1.00 e. The Bertz CT molecular complexity index is 16.4. The molecule has 0 fully saturated rings. The van der Waals surface area contributed by atoms with Gasteiger partial charge in [-0.1, -0.05) is 0 Å². The van der Waals surface area contributed by atoms with E-state index in [4.69, 9.17) is 11.8 Å². The van der Waals surface area contributed by atoms with Gasteiger partial charge in [-0.3, -0.25) is 0 Å². The van der Waals surface area contributed by atoms with E-state index in [1.165, 1.54) is 0 Å². The van der Waals surface area contributed by atoms with E-state index in [1.807, 2.05) is 0 Å². The van der Waals surface area contributed by atoms with Gasteiger partial charge in [0, 0.05) is 0 Å². The van der Waals surface area contributed by atoms with Crippen LogP contribution in [0.4, 0.5) is 0 Å². The van der Waals surface area contributed by atoms with E-state index < -0.39 is 0 Å². The van der Waals surface area contributed by atoms with Gasteiger partial charge in [-0.15, -0.1) is 0 Å². The van der Waals surface area contributed by atoms with E-state index in [0.29, 0.717) is 0 Å². The summed E-state index contributed by atoms with van der Waals surface area (Å²) >= 11 is 0. The Morgan fingerprint density at radius 3 is 1.50 bits per heavy atom. The third-order valence-corrected chi connectivity index (χ3v) is 0. The molecule has 0 aliphatic heterocycles. The van der Waals surface area contributed by atoms with E-state index in [1.54, 1.807) is 0 Å². The zero-order valence-corrected chi connectivity index (χ0v) is 4.42. The summed E-state index contributed by atoms with van der Waals surface area (Å²) in [7, 11) is 0. The van der Waals surface area contributed by atoms with Gasteiger partial charge in [0.2, 0.25) is 0 Å². The van der Waals surface area contributed by atoms with Crippen LogP contribution in [0, 0.1) is 11.8 Å². The van der Waals surface area contributed by atoms with Crippen molar-refractivity contribution in [3.05, 3.63) is 6.57 Å². The second-order valence-electron chi connectivity index (χ2n) is 0. The fraction of sp³-hybridized carbons (Fsp3) is 0. The number of hydrogen-bond donors (Lipinski definition) is 0. The number of nitrogens with zero attached hydrogens (tertiary/aromatic N) is 1. The van der Waals surface area contributed by atoms with Gasteiger partial charge in [0.25, 0.3) is 0 Å². The van der Waals surface area contributed by atoms with Crippen LogP contribution in [0.15, 0.2) is 0 Å². The Balaban J connectivity index is -0.00000000167. The molecule has 3 heteroatoms. The van der Waals surface area contributed by atoms with Crippen LogP contribution in [0.5, 0.6) is 0 Å². The first-order valence-electron chi connectivity index (χ1n) is 0.224. The average molecular weight is 231 g/mol. The molecule has 0 N–H and O–H groups in total. The molecule has 0 bridgehead atoms. The van der Waals surface area contributed by atoms with Crippen molar-refractivity contribution in [3.63, 3.8) is 0 Å². The van der Waals surface area contributed by atoms with Crippen LogP contribution in [0.25, 0.3) is 0 Å². The third kappa shape index (κ3) is 13.8. The molecule has 4 heavy (non-hydrogen) atoms. The molecular formula is CHAuLiN. The molecule has 0 saturated carbocycles. The van der Waals surface area contributed by atoms with E-state index in [-0.39, 0.29) is 42.7 Å². The molecule has 22 valence electrons. The van der Waals surface area contributed by atoms with Crippen molar-refractivity contribution >= 4 is 0 Å². The molecule has 0 radical (unpaired) electrons. The monoisotopic (exact) mass is 231 g/mol. The topological polar surface area (TPSA) is 23.8 Å². The second kappa shape index (κ2) is 44.7. The van der Waals surface area contributed by atoms with Crippen LogP contribution in [0.1, 0.15) is 1.43 Å². The van der Waals surface area contributed by atoms with E-state index in [0.717, 1.165) is 0 Å². The summed E-state index contributed by atoms with van der Waals surface area (Å²) in [5, 5.41) is 6.25. The molecule has 0 amide bonds. The maximum Gasteiger partial charge on any atom is 1.00 e. The Kier molecular flexibility index (Phi) is 237. The molecule has 0 unspecified atom stereocenters. The normalized spacial score (nSPS) is 0.500. The molecule has 0 aliphatic carbocycles. The standard InChI is InChI=1S/CN.Au.Li.H/c1-2;;;/q-1;2*+1;-1. The predicted octanol–water partition coefficient (Wildman–Crippen LogP) is -2.79. The third-order valence-electron chi connectivity index (χ3n) is 0. The van der Waals surface area contributed by atoms with Gasteiger partial charge in [0.1, 0.15) is 0 Å². The van der Waals surface area contributed by atoms with Crippen LogP contribution >= 0.6 is 0 Å². The van der Waals surface area contributed by atoms with Crippen LogP contribution < -0.4 is 18.9 Å². The summed E-state index contributed by atoms with van der Waals surface area (Å²) in [6.45, 7) is 4.75. The maximum absolute atomic E-state index is 6.25. The minimum Gasteiger partial charge on any atom is -1.00 e. The van der Waals surface area contributed by atoms with Gasteiger partial charge in [-0.2, -0.15) is 0 Å². The second-order valence-corrected chi connectivity index (χ2v) is 0. The quantitative estimate of drug-likeness (QED) is 0.326. The first-order chi connectivity index (χ1) is 1.00. The van der Waals surface area contributed by atoms with Crippen molar-refractivity contribution in [1.29, 1.82) is 5.26 Å². The molecule has 0 aromatic heterocycles. The molecule has 0 spiro atoms. The van der Waals surface area contributed by atoms with Crippen LogP contribution in [-0.2, 0) is 22.4 Å². The minimum absolute atomic E-state index is 0. The Labute approximate surface area is 54.5 Å². The first kappa shape index (κ1) is 21.2. The van der Waals surface area contributed by atoms with Crippen molar-refractivity contribution in [2.75, 3.05) is 0 Å². The van der Waals surface area contributed by atoms with Gasteiger partial charge >= 0.3 is 41.2 Å². The molecule has 1 nitrogen and oxygen atoms in total. The van der Waals surface area contributed by atoms with Gasteiger partial charge in [0.05, 0.1) is 0 Å². The predicted molar refractivity (Wildman–Crippen MR) is 6.08 cm³/mol. The van der Waals surface area contributed by atoms with E-state index in [2.05, 4.69) is 0 Å². The molecular weight excluding hydrogens is 230 g/mol. The van der Waals surface area contributed by atoms with Crippen molar-refractivity contribution < 1.29 is 42.7 Å². The summed E-state index contributed by atoms with van der Waals surface area (Å²) in [6.07, 6.45) is 0. The van der Waals surface area contributed by atoms with Crippen LogP contribution in [0.3, 0.4) is 0 Å². The Morgan fingerprint density at radius 2 is 1.50 bits per heavy atom. The van der Waals surface area contributed by atoms with Crippen LogP contribution in [-0.4, -0.2) is 0 Å². The summed E-state index contributed by atoms with van der Waals surface area (Å²) in [4.78, 5) is 0. The summed E-state index contributed by atoms with van der Waals surface area (Å²) < 4.78 is 0. The van der Waals surface area contributed by atoms with Gasteiger partial charge in [0.15, 0.2) is 0 Å². The zero-order chi connectivity index (χ0) is 2.00. The van der Waals surface area contributed by atoms with Crippen molar-refractivity contribution in [2.45, 2.75) is 0 Å². The Morgan fingerprint density at radius 1 is 1.50 bits per heavy atom. The van der Waals surface area contributed by atoms with Gasteiger partial charge in [-0.25, -0.2) is 0 Å². The molecule has 0 aliphatic rings. The van der Waals surface area contributed by atoms with Gasteiger partial charge < -0.3 is 13.3 Å². The molecule has 0 aromatic carbocycles. The fourth-order valence-electron chi connectivity index (χ4n) is 0. The summed E-state index contributed by atoms with van der Waals surface area (Å²) in [5.74, 6) is 0. The van der Waals surface area contributed by atoms with Crippen molar-refractivity contribution in [1.82, 2.24) is 0 Å². The molecule has 0 aromatic rings.